The van der Waals surface area contributed by atoms with Crippen LogP contribution in [0.2, 0.25) is 0 Å². The second-order valence-electron chi connectivity index (χ2n) is 16.5. The lowest BCUT2D eigenvalue weighted by Crippen LogP contribution is -2.10. The Morgan fingerprint density at radius 3 is 1.22 bits per heavy atom. The largest absolute Gasteiger partial charge is 0.416 e. The Labute approximate surface area is 322 Å². The number of fused-ring (bicyclic) bond motifs is 3. The molecule has 55 heavy (non-hydrogen) atoms. The maximum atomic E-state index is 6.30. The first-order valence-electron chi connectivity index (χ1n) is 18.8. The molecule has 6 nitrogen and oxygen atoms in total. The Kier molecular flexibility index (Phi) is 8.23. The molecule has 1 atom stereocenters. The zero-order valence-corrected chi connectivity index (χ0v) is 32.0. The normalized spacial score (nSPS) is 13.8. The van der Waals surface area contributed by atoms with E-state index in [1.165, 1.54) is 38.9 Å². The molecule has 9 rings (SSSR count). The molecule has 2 heterocycles. The van der Waals surface area contributed by atoms with E-state index in [1.54, 1.807) is 0 Å². The third kappa shape index (κ3) is 6.38. The minimum atomic E-state index is 0.0116. The second-order valence-corrected chi connectivity index (χ2v) is 16.5. The van der Waals surface area contributed by atoms with E-state index in [9.17, 15) is 0 Å². The number of rotatable bonds is 6. The van der Waals surface area contributed by atoms with E-state index < -0.39 is 0 Å². The van der Waals surface area contributed by atoms with Crippen LogP contribution in [0.25, 0.3) is 68.1 Å². The molecule has 270 valence electrons. The molecule has 1 aliphatic carbocycles. The minimum Gasteiger partial charge on any atom is -0.416 e. The van der Waals surface area contributed by atoms with Gasteiger partial charge in [0.25, 0.3) is 0 Å². The van der Waals surface area contributed by atoms with Gasteiger partial charge in [0.15, 0.2) is 0 Å². The van der Waals surface area contributed by atoms with Crippen LogP contribution in [0.15, 0.2) is 148 Å². The average molecular weight is 719 g/mol. The highest BCUT2D eigenvalue weighted by Crippen LogP contribution is 2.51. The molecular weight excluding hydrogens is 677 g/mol. The van der Waals surface area contributed by atoms with Crippen molar-refractivity contribution >= 4 is 0 Å². The van der Waals surface area contributed by atoms with Crippen molar-refractivity contribution in [2.45, 2.75) is 58.3 Å². The number of hydrogen-bond acceptors (Lipinski definition) is 6. The van der Waals surface area contributed by atoms with Crippen molar-refractivity contribution < 1.29 is 8.83 Å². The summed E-state index contributed by atoms with van der Waals surface area (Å²) in [5, 5.41) is 17.7. The second kappa shape index (κ2) is 13.2. The molecule has 8 aromatic rings. The lowest BCUT2D eigenvalue weighted by Gasteiger charge is -2.19. The minimum absolute atomic E-state index is 0.0116. The van der Waals surface area contributed by atoms with Crippen LogP contribution in [0, 0.1) is 0 Å². The summed E-state index contributed by atoms with van der Waals surface area (Å²) in [5.74, 6) is 2.03. The molecule has 0 saturated heterocycles. The molecule has 1 aliphatic rings. The van der Waals surface area contributed by atoms with Gasteiger partial charge in [0.05, 0.1) is 0 Å². The predicted molar refractivity (Wildman–Crippen MR) is 220 cm³/mol. The van der Waals surface area contributed by atoms with Crippen molar-refractivity contribution in [3.63, 3.8) is 0 Å². The van der Waals surface area contributed by atoms with E-state index in [0.29, 0.717) is 23.6 Å². The van der Waals surface area contributed by atoms with Crippen molar-refractivity contribution in [2.75, 3.05) is 0 Å². The summed E-state index contributed by atoms with van der Waals surface area (Å²) in [5.41, 5.74) is 14.7. The van der Waals surface area contributed by atoms with Gasteiger partial charge < -0.3 is 8.83 Å². The summed E-state index contributed by atoms with van der Waals surface area (Å²) in [4.78, 5) is 0. The van der Waals surface area contributed by atoms with E-state index in [4.69, 9.17) is 8.83 Å². The highest BCUT2D eigenvalue weighted by molar-refractivity contribution is 5.85. The number of nitrogens with zero attached hydrogens (tertiary/aromatic N) is 4. The molecule has 0 N–H and O–H groups in total. The maximum Gasteiger partial charge on any atom is 0.248 e. The Bertz CT molecular complexity index is 2650. The first-order chi connectivity index (χ1) is 26.5. The van der Waals surface area contributed by atoms with Crippen molar-refractivity contribution in [2.24, 2.45) is 0 Å². The average Bonchev–Trinajstić information content (AvgIpc) is 3.96. The zero-order valence-electron chi connectivity index (χ0n) is 32.0. The zero-order chi connectivity index (χ0) is 37.9. The van der Waals surface area contributed by atoms with Gasteiger partial charge in [-0.3, -0.25) is 0 Å². The fraction of sp³-hybridized carbons (Fsp3) is 0.184. The first-order valence-corrected chi connectivity index (χ1v) is 18.8. The standard InChI is InChI=1S/C49H42N4O2/c1-48(2,3)35-24-19-32(20-25-35)45-51-50-44(54-45)31-17-15-30(16-18-31)37-11-7-9-13-40(37)43-41-14-10-8-12-38(41)39-28-23-34(29-42(39)43)47-53-52-46(55-47)33-21-26-36(27-22-33)49(4,5)6/h7-29,43H,1-6H3/t43-/m0/s1. The van der Waals surface area contributed by atoms with E-state index in [-0.39, 0.29) is 16.7 Å². The molecular formula is C49H42N4O2. The number of benzene rings is 6. The molecule has 0 saturated carbocycles. The highest BCUT2D eigenvalue weighted by Gasteiger charge is 2.32. The van der Waals surface area contributed by atoms with E-state index >= 15 is 0 Å². The number of hydrogen-bond donors (Lipinski definition) is 0. The molecule has 0 unspecified atom stereocenters. The van der Waals surface area contributed by atoms with Gasteiger partial charge in [0, 0.05) is 28.2 Å². The van der Waals surface area contributed by atoms with Crippen molar-refractivity contribution in [1.82, 2.24) is 20.4 Å². The van der Waals surface area contributed by atoms with Crippen molar-refractivity contribution in [1.29, 1.82) is 0 Å². The van der Waals surface area contributed by atoms with Crippen molar-refractivity contribution in [3.05, 3.63) is 167 Å². The topological polar surface area (TPSA) is 77.8 Å². The van der Waals surface area contributed by atoms with Crippen molar-refractivity contribution in [3.8, 4) is 68.1 Å². The van der Waals surface area contributed by atoms with Crippen LogP contribution in [0.5, 0.6) is 0 Å². The summed E-state index contributed by atoms with van der Waals surface area (Å²) < 4.78 is 12.5. The fourth-order valence-electron chi connectivity index (χ4n) is 7.62. The molecule has 0 aliphatic heterocycles. The van der Waals surface area contributed by atoms with Gasteiger partial charge in [-0.05, 0) is 109 Å². The smallest absolute Gasteiger partial charge is 0.248 e. The van der Waals surface area contributed by atoms with Gasteiger partial charge in [-0.2, -0.15) is 0 Å². The lowest BCUT2D eigenvalue weighted by molar-refractivity contribution is 0.582. The SMILES string of the molecule is CC(C)(C)c1ccc(-c2nnc(-c3ccc(-c4ccccc4[C@H]4c5ccccc5-c5ccc(-c6nnc(-c7ccc(C(C)(C)C)cc7)o6)cc54)cc3)o2)cc1. The van der Waals surface area contributed by atoms with Crippen LogP contribution < -0.4 is 0 Å². The van der Waals surface area contributed by atoms with Gasteiger partial charge in [-0.15, -0.1) is 20.4 Å². The van der Waals surface area contributed by atoms with Gasteiger partial charge >= 0.3 is 0 Å². The molecule has 2 aromatic heterocycles. The quantitative estimate of drug-likeness (QED) is 0.170. The molecule has 6 aromatic carbocycles. The Morgan fingerprint density at radius 1 is 0.364 bits per heavy atom. The van der Waals surface area contributed by atoms with Crippen LogP contribution >= 0.6 is 0 Å². The summed E-state index contributed by atoms with van der Waals surface area (Å²) in [6, 6.07) is 49.0. The maximum absolute atomic E-state index is 6.30. The third-order valence-electron chi connectivity index (χ3n) is 10.7. The molecule has 0 fully saturated rings. The highest BCUT2D eigenvalue weighted by atomic mass is 16.4. The van der Waals surface area contributed by atoms with Crippen LogP contribution in [-0.2, 0) is 10.8 Å². The van der Waals surface area contributed by atoms with E-state index in [2.05, 4.69) is 189 Å². The van der Waals surface area contributed by atoms with Crippen LogP contribution in [0.4, 0.5) is 0 Å². The van der Waals surface area contributed by atoms with Crippen LogP contribution in [-0.4, -0.2) is 20.4 Å². The lowest BCUT2D eigenvalue weighted by atomic mass is 9.84. The molecule has 6 heteroatoms. The monoisotopic (exact) mass is 718 g/mol. The Balaban J connectivity index is 1.03. The summed E-state index contributed by atoms with van der Waals surface area (Å²) in [6.45, 7) is 13.2. The molecule has 0 spiro atoms. The molecule has 0 amide bonds. The predicted octanol–water partition coefficient (Wildman–Crippen LogP) is 12.5. The summed E-state index contributed by atoms with van der Waals surface area (Å²) in [6.07, 6.45) is 0. The van der Waals surface area contributed by atoms with Gasteiger partial charge in [0.1, 0.15) is 0 Å². The molecule has 0 bridgehead atoms. The summed E-state index contributed by atoms with van der Waals surface area (Å²) in [7, 11) is 0. The first kappa shape index (κ1) is 34.4. The van der Waals surface area contributed by atoms with E-state index in [0.717, 1.165) is 33.4 Å². The van der Waals surface area contributed by atoms with Crippen LogP contribution in [0.3, 0.4) is 0 Å². The van der Waals surface area contributed by atoms with Crippen LogP contribution in [0.1, 0.15) is 75.3 Å². The fourth-order valence-corrected chi connectivity index (χ4v) is 7.62. The molecule has 0 radical (unpaired) electrons. The third-order valence-corrected chi connectivity index (χ3v) is 10.7. The van der Waals surface area contributed by atoms with Gasteiger partial charge in [0.2, 0.25) is 23.6 Å². The number of aromatic nitrogens is 4. The summed E-state index contributed by atoms with van der Waals surface area (Å²) >= 11 is 0. The Hall–Kier alpha value is -6.40. The Morgan fingerprint density at radius 2 is 0.727 bits per heavy atom. The van der Waals surface area contributed by atoms with Gasteiger partial charge in [-0.25, -0.2) is 0 Å². The van der Waals surface area contributed by atoms with Gasteiger partial charge in [-0.1, -0.05) is 133 Å². The van der Waals surface area contributed by atoms with E-state index in [1.807, 2.05) is 12.1 Å².